The molecule has 1 N–H and O–H groups in total. The lowest BCUT2D eigenvalue weighted by Gasteiger charge is -2.16. The number of hydrogen-bond donors (Lipinski definition) is 1. The van der Waals surface area contributed by atoms with Gasteiger partial charge >= 0.3 is 0 Å². The minimum Gasteiger partial charge on any atom is -0.504 e. The number of aromatic hydroxyl groups is 1. The molecule has 0 saturated carbocycles. The summed E-state index contributed by atoms with van der Waals surface area (Å²) >= 11 is 0. The summed E-state index contributed by atoms with van der Waals surface area (Å²) in [6.07, 6.45) is 5.88. The van der Waals surface area contributed by atoms with Crippen molar-refractivity contribution in [3.63, 3.8) is 0 Å². The Bertz CT molecular complexity index is 1180. The number of rotatable bonds is 8. The van der Waals surface area contributed by atoms with Crippen LogP contribution in [0.25, 0.3) is 22.9 Å². The Morgan fingerprint density at radius 2 is 1.61 bits per heavy atom. The van der Waals surface area contributed by atoms with Crippen LogP contribution in [-0.2, 0) is 9.59 Å². The molecular formula is C26H25NO4. The summed E-state index contributed by atoms with van der Waals surface area (Å²) in [4.78, 5) is 26.5. The van der Waals surface area contributed by atoms with Crippen LogP contribution >= 0.6 is 0 Å². The third-order valence-corrected chi connectivity index (χ3v) is 4.88. The minimum atomic E-state index is -0.308. The molecule has 0 aliphatic heterocycles. The van der Waals surface area contributed by atoms with Gasteiger partial charge in [0, 0.05) is 25.2 Å². The van der Waals surface area contributed by atoms with Crippen molar-refractivity contribution >= 4 is 40.2 Å². The first-order chi connectivity index (χ1) is 14.9. The zero-order valence-corrected chi connectivity index (χ0v) is 17.8. The molecule has 3 aromatic carbocycles. The van der Waals surface area contributed by atoms with Gasteiger partial charge in [-0.3, -0.25) is 9.59 Å². The van der Waals surface area contributed by atoms with Crippen molar-refractivity contribution in [1.29, 1.82) is 0 Å². The van der Waals surface area contributed by atoms with Crippen LogP contribution in [0.15, 0.2) is 66.7 Å². The number of phenolic OH excluding ortho intramolecular Hbond substituents is 1. The maximum atomic E-state index is 12.3. The molecule has 31 heavy (non-hydrogen) atoms. The molecule has 0 bridgehead atoms. The van der Waals surface area contributed by atoms with Crippen LogP contribution < -0.4 is 9.64 Å². The summed E-state index contributed by atoms with van der Waals surface area (Å²) in [5, 5.41) is 11.9. The number of nitrogens with zero attached hydrogens (tertiary/aromatic N) is 1. The average Bonchev–Trinajstić information content (AvgIpc) is 2.76. The summed E-state index contributed by atoms with van der Waals surface area (Å²) in [6.45, 7) is 0. The van der Waals surface area contributed by atoms with Crippen LogP contribution in [0.2, 0.25) is 0 Å². The van der Waals surface area contributed by atoms with Crippen LogP contribution in [-0.4, -0.2) is 37.9 Å². The molecule has 0 aromatic heterocycles. The lowest BCUT2D eigenvalue weighted by atomic mass is 10.0. The van der Waals surface area contributed by atoms with Gasteiger partial charge in [-0.2, -0.15) is 0 Å². The van der Waals surface area contributed by atoms with Crippen molar-refractivity contribution in [2.75, 3.05) is 26.1 Å². The molecule has 0 spiro atoms. The van der Waals surface area contributed by atoms with E-state index >= 15 is 0 Å². The maximum absolute atomic E-state index is 12.3. The third-order valence-electron chi connectivity index (χ3n) is 4.88. The number of anilines is 1. The number of allylic oxidation sites excluding steroid dienone is 2. The first-order valence-corrected chi connectivity index (χ1v) is 9.87. The Hall–Kier alpha value is -3.86. The molecule has 0 aliphatic carbocycles. The molecule has 0 atom stereocenters. The van der Waals surface area contributed by atoms with Gasteiger partial charge in [0.1, 0.15) is 0 Å². The van der Waals surface area contributed by atoms with E-state index in [1.165, 1.54) is 25.3 Å². The van der Waals surface area contributed by atoms with Gasteiger partial charge in [-0.1, -0.05) is 48.6 Å². The van der Waals surface area contributed by atoms with Crippen molar-refractivity contribution in [1.82, 2.24) is 0 Å². The van der Waals surface area contributed by atoms with Gasteiger partial charge in [0.25, 0.3) is 0 Å². The number of ketones is 2. The fourth-order valence-electron chi connectivity index (χ4n) is 3.31. The Balaban J connectivity index is 1.69. The van der Waals surface area contributed by atoms with Gasteiger partial charge < -0.3 is 14.7 Å². The molecule has 0 aliphatic rings. The second kappa shape index (κ2) is 9.76. The Labute approximate surface area is 181 Å². The largest absolute Gasteiger partial charge is 0.504 e. The van der Waals surface area contributed by atoms with Gasteiger partial charge in [-0.25, -0.2) is 0 Å². The second-order valence-electron chi connectivity index (χ2n) is 7.32. The molecule has 0 unspecified atom stereocenters. The van der Waals surface area contributed by atoms with Gasteiger partial charge in [-0.05, 0) is 46.9 Å². The second-order valence-corrected chi connectivity index (χ2v) is 7.32. The first-order valence-electron chi connectivity index (χ1n) is 9.87. The number of methoxy groups -OCH3 is 1. The number of carbonyl (C=O) groups is 2. The number of phenols is 1. The smallest absolute Gasteiger partial charge is 0.163 e. The Morgan fingerprint density at radius 3 is 2.26 bits per heavy atom. The van der Waals surface area contributed by atoms with Crippen LogP contribution in [0.1, 0.15) is 17.5 Å². The summed E-state index contributed by atoms with van der Waals surface area (Å²) in [7, 11) is 5.45. The molecule has 3 rings (SSSR count). The van der Waals surface area contributed by atoms with Crippen LogP contribution in [0, 0.1) is 0 Å². The third kappa shape index (κ3) is 5.39. The van der Waals surface area contributed by atoms with Crippen LogP contribution in [0.4, 0.5) is 5.69 Å². The average molecular weight is 415 g/mol. The molecule has 0 fully saturated rings. The van der Waals surface area contributed by atoms with Gasteiger partial charge in [0.15, 0.2) is 23.1 Å². The van der Waals surface area contributed by atoms with Crippen molar-refractivity contribution in [3.05, 3.63) is 77.9 Å². The number of ether oxygens (including phenoxy) is 1. The van der Waals surface area contributed by atoms with Crippen molar-refractivity contribution in [3.8, 4) is 11.5 Å². The molecular weight excluding hydrogens is 390 g/mol. The zero-order valence-electron chi connectivity index (χ0n) is 17.8. The zero-order chi connectivity index (χ0) is 22.4. The minimum absolute atomic E-state index is 0.0105. The summed E-state index contributed by atoms with van der Waals surface area (Å²) < 4.78 is 4.99. The first kappa shape index (κ1) is 21.8. The fraction of sp³-hybridized carbons (Fsp3) is 0.154. The topological polar surface area (TPSA) is 66.8 Å². The monoisotopic (exact) mass is 415 g/mol. The highest BCUT2D eigenvalue weighted by Crippen LogP contribution is 2.29. The Kier molecular flexibility index (Phi) is 6.88. The number of hydrogen-bond acceptors (Lipinski definition) is 5. The predicted octanol–water partition coefficient (Wildman–Crippen LogP) is 4.87. The molecule has 0 heterocycles. The standard InChI is InChI=1S/C26H25NO4/c1-27(2)24-14-11-19(22-6-4-5-7-23(22)24)10-13-21(29)17-20(28)12-8-18-9-15-26(31-3)25(30)16-18/h4-16,30H,17H2,1-3H3. The summed E-state index contributed by atoms with van der Waals surface area (Å²) in [6, 6.07) is 16.8. The van der Waals surface area contributed by atoms with E-state index in [2.05, 4.69) is 11.0 Å². The number of benzene rings is 3. The van der Waals surface area contributed by atoms with E-state index in [4.69, 9.17) is 4.74 Å². The highest BCUT2D eigenvalue weighted by atomic mass is 16.5. The quantitative estimate of drug-likeness (QED) is 0.420. The van der Waals surface area contributed by atoms with Crippen molar-refractivity contribution in [2.45, 2.75) is 6.42 Å². The number of fused-ring (bicyclic) bond motifs is 1. The van der Waals surface area contributed by atoms with Crippen LogP contribution in [0.5, 0.6) is 11.5 Å². The van der Waals surface area contributed by atoms with Crippen molar-refractivity contribution in [2.24, 2.45) is 0 Å². The predicted molar refractivity (Wildman–Crippen MR) is 126 cm³/mol. The van der Waals surface area contributed by atoms with E-state index in [9.17, 15) is 14.7 Å². The highest BCUT2D eigenvalue weighted by molar-refractivity contribution is 6.11. The summed E-state index contributed by atoms with van der Waals surface area (Å²) in [5.41, 5.74) is 2.66. The molecule has 0 saturated heterocycles. The van der Waals surface area contributed by atoms with E-state index in [1.54, 1.807) is 24.3 Å². The van der Waals surface area contributed by atoms with Crippen molar-refractivity contribution < 1.29 is 19.4 Å². The molecule has 158 valence electrons. The lowest BCUT2D eigenvalue weighted by Crippen LogP contribution is -2.09. The van der Waals surface area contributed by atoms with E-state index in [0.29, 0.717) is 11.3 Å². The molecule has 5 nitrogen and oxygen atoms in total. The van der Waals surface area contributed by atoms with E-state index < -0.39 is 0 Å². The van der Waals surface area contributed by atoms with E-state index in [0.717, 1.165) is 22.0 Å². The molecule has 0 radical (unpaired) electrons. The fourth-order valence-corrected chi connectivity index (χ4v) is 3.31. The van der Waals surface area contributed by atoms with Gasteiger partial charge in [-0.15, -0.1) is 0 Å². The SMILES string of the molecule is COc1ccc(C=CC(=O)CC(=O)C=Cc2ccc(N(C)C)c3ccccc23)cc1O. The molecule has 5 heteroatoms. The van der Waals surface area contributed by atoms with Gasteiger partial charge in [0.05, 0.1) is 13.5 Å². The number of carbonyl (C=O) groups excluding carboxylic acids is 2. The van der Waals surface area contributed by atoms with E-state index in [-0.39, 0.29) is 23.7 Å². The molecule has 0 amide bonds. The van der Waals surface area contributed by atoms with Gasteiger partial charge in [0.2, 0.25) is 0 Å². The maximum Gasteiger partial charge on any atom is 0.163 e. The van der Waals surface area contributed by atoms with Crippen LogP contribution in [0.3, 0.4) is 0 Å². The Morgan fingerprint density at radius 1 is 0.935 bits per heavy atom. The summed E-state index contributed by atoms with van der Waals surface area (Å²) in [5.74, 6) is -0.232. The lowest BCUT2D eigenvalue weighted by molar-refractivity contribution is -0.121. The van der Waals surface area contributed by atoms with E-state index in [1.807, 2.05) is 44.4 Å². The molecule has 3 aromatic rings. The highest BCUT2D eigenvalue weighted by Gasteiger charge is 2.08. The normalized spacial score (nSPS) is 11.3.